The fourth-order valence-corrected chi connectivity index (χ4v) is 3.09. The Kier molecular flexibility index (Phi) is 2.50. The van der Waals surface area contributed by atoms with Crippen LogP contribution in [0, 0.1) is 17.3 Å². The zero-order chi connectivity index (χ0) is 12.0. The first-order valence-electron chi connectivity index (χ1n) is 5.65. The molecule has 1 aliphatic carbocycles. The second-order valence-corrected chi connectivity index (χ2v) is 5.31. The summed E-state index contributed by atoms with van der Waals surface area (Å²) in [6.45, 7) is 1.73. The van der Waals surface area contributed by atoms with Gasteiger partial charge in [-0.1, -0.05) is 11.6 Å². The summed E-state index contributed by atoms with van der Waals surface area (Å²) in [6, 6.07) is 0. The molecule has 0 radical (unpaired) electrons. The van der Waals surface area contributed by atoms with Crippen molar-refractivity contribution in [3.63, 3.8) is 0 Å². The molecule has 0 spiro atoms. The minimum Gasteiger partial charge on any atom is -0.396 e. The minimum atomic E-state index is -0.261. The molecule has 0 aromatic carbocycles. The van der Waals surface area contributed by atoms with E-state index in [1.165, 1.54) is 0 Å². The Labute approximate surface area is 104 Å². The predicted molar refractivity (Wildman–Crippen MR) is 62.8 cm³/mol. The quantitative estimate of drug-likeness (QED) is 0.806. The molecule has 2 fully saturated rings. The number of anilines is 1. The number of aliphatic hydroxyl groups excluding tert-OH is 2. The Bertz CT molecular complexity index is 407. The SMILES string of the molecule is OCC1(CO)C2CN(c3ncc(Cl)cn3)CC21. The van der Waals surface area contributed by atoms with Crippen LogP contribution in [0.25, 0.3) is 0 Å². The average molecular weight is 256 g/mol. The van der Waals surface area contributed by atoms with Gasteiger partial charge in [-0.05, 0) is 11.8 Å². The van der Waals surface area contributed by atoms with Gasteiger partial charge in [0, 0.05) is 18.5 Å². The first kappa shape index (κ1) is 11.2. The first-order valence-corrected chi connectivity index (χ1v) is 6.03. The number of hydrogen-bond donors (Lipinski definition) is 2. The van der Waals surface area contributed by atoms with E-state index in [1.807, 2.05) is 0 Å². The average Bonchev–Trinajstić information content (AvgIpc) is 2.72. The Morgan fingerprint density at radius 2 is 1.76 bits per heavy atom. The third-order valence-corrected chi connectivity index (χ3v) is 4.36. The van der Waals surface area contributed by atoms with E-state index in [-0.39, 0.29) is 18.6 Å². The number of aromatic nitrogens is 2. The molecule has 92 valence electrons. The molecule has 2 heterocycles. The zero-order valence-corrected chi connectivity index (χ0v) is 10.0. The maximum absolute atomic E-state index is 9.33. The molecule has 0 amide bonds. The number of nitrogens with zero attached hydrogens (tertiary/aromatic N) is 3. The summed E-state index contributed by atoms with van der Waals surface area (Å²) in [7, 11) is 0. The molecule has 2 N–H and O–H groups in total. The molecule has 1 aromatic heterocycles. The van der Waals surface area contributed by atoms with Gasteiger partial charge in [0.05, 0.1) is 30.6 Å². The van der Waals surface area contributed by atoms with Crippen LogP contribution in [-0.4, -0.2) is 46.5 Å². The highest BCUT2D eigenvalue weighted by molar-refractivity contribution is 6.30. The van der Waals surface area contributed by atoms with E-state index < -0.39 is 0 Å². The summed E-state index contributed by atoms with van der Waals surface area (Å²) in [6.07, 6.45) is 3.17. The Morgan fingerprint density at radius 1 is 1.24 bits per heavy atom. The molecule has 1 aliphatic heterocycles. The molecule has 5 nitrogen and oxygen atoms in total. The lowest BCUT2D eigenvalue weighted by molar-refractivity contribution is 0.109. The van der Waals surface area contributed by atoms with E-state index in [4.69, 9.17) is 11.6 Å². The highest BCUT2D eigenvalue weighted by atomic mass is 35.5. The van der Waals surface area contributed by atoms with Crippen molar-refractivity contribution in [2.45, 2.75) is 0 Å². The minimum absolute atomic E-state index is 0.0636. The van der Waals surface area contributed by atoms with Crippen LogP contribution in [0.3, 0.4) is 0 Å². The third-order valence-electron chi connectivity index (χ3n) is 4.17. The van der Waals surface area contributed by atoms with Gasteiger partial charge < -0.3 is 15.1 Å². The monoisotopic (exact) mass is 255 g/mol. The molecule has 2 unspecified atom stereocenters. The molecule has 1 aromatic rings. The second-order valence-electron chi connectivity index (χ2n) is 4.87. The van der Waals surface area contributed by atoms with Gasteiger partial charge in [0.1, 0.15) is 0 Å². The number of fused-ring (bicyclic) bond motifs is 1. The maximum Gasteiger partial charge on any atom is 0.225 e. The molecule has 6 heteroatoms. The van der Waals surface area contributed by atoms with Crippen molar-refractivity contribution < 1.29 is 10.2 Å². The Balaban J connectivity index is 1.71. The van der Waals surface area contributed by atoms with Crippen LogP contribution in [0.5, 0.6) is 0 Å². The lowest BCUT2D eigenvalue weighted by Gasteiger charge is -2.23. The van der Waals surface area contributed by atoms with Crippen molar-refractivity contribution in [3.05, 3.63) is 17.4 Å². The molecule has 1 saturated heterocycles. The standard InChI is InChI=1S/C11H14ClN3O2/c12-7-1-13-10(14-2-7)15-3-8-9(4-15)11(8,5-16)6-17/h1-2,8-9,16-17H,3-6H2. The predicted octanol–water partition coefficient (Wildman–Crippen LogP) is 0.167. The summed E-state index contributed by atoms with van der Waals surface area (Å²) in [5.74, 6) is 1.39. The molecular formula is C11H14ClN3O2. The molecular weight excluding hydrogens is 242 g/mol. The Hall–Kier alpha value is -0.910. The van der Waals surface area contributed by atoms with Crippen LogP contribution in [0.2, 0.25) is 5.02 Å². The summed E-state index contributed by atoms with van der Waals surface area (Å²) in [4.78, 5) is 10.4. The summed E-state index contributed by atoms with van der Waals surface area (Å²) < 4.78 is 0. The fraction of sp³-hybridized carbons (Fsp3) is 0.636. The normalized spacial score (nSPS) is 29.2. The highest BCUT2D eigenvalue weighted by Gasteiger charge is 2.67. The fourth-order valence-electron chi connectivity index (χ4n) is 2.99. The second kappa shape index (κ2) is 3.80. The van der Waals surface area contributed by atoms with E-state index in [0.717, 1.165) is 13.1 Å². The van der Waals surface area contributed by atoms with Gasteiger partial charge in [-0.2, -0.15) is 0 Å². The van der Waals surface area contributed by atoms with Crippen LogP contribution in [0.15, 0.2) is 12.4 Å². The molecule has 2 aliphatic rings. The first-order chi connectivity index (χ1) is 8.21. The molecule has 2 atom stereocenters. The molecule has 1 saturated carbocycles. The van der Waals surface area contributed by atoms with Crippen molar-refractivity contribution in [3.8, 4) is 0 Å². The van der Waals surface area contributed by atoms with Gasteiger partial charge >= 0.3 is 0 Å². The summed E-state index contributed by atoms with van der Waals surface area (Å²) in [5, 5.41) is 19.2. The van der Waals surface area contributed by atoms with Crippen LogP contribution in [-0.2, 0) is 0 Å². The lowest BCUT2D eigenvalue weighted by atomic mass is 10.0. The van der Waals surface area contributed by atoms with Crippen LogP contribution in [0.4, 0.5) is 5.95 Å². The number of aliphatic hydroxyl groups is 2. The van der Waals surface area contributed by atoms with Crippen LogP contribution in [0.1, 0.15) is 0 Å². The van der Waals surface area contributed by atoms with E-state index in [1.54, 1.807) is 12.4 Å². The van der Waals surface area contributed by atoms with Gasteiger partial charge in [-0.25, -0.2) is 9.97 Å². The Morgan fingerprint density at radius 3 is 2.24 bits per heavy atom. The van der Waals surface area contributed by atoms with E-state index >= 15 is 0 Å². The van der Waals surface area contributed by atoms with Crippen LogP contribution >= 0.6 is 11.6 Å². The van der Waals surface area contributed by atoms with Gasteiger partial charge in [-0.15, -0.1) is 0 Å². The lowest BCUT2D eigenvalue weighted by Crippen LogP contribution is -2.32. The molecule has 3 rings (SSSR count). The maximum atomic E-state index is 9.33. The topological polar surface area (TPSA) is 69.5 Å². The number of rotatable bonds is 3. The van der Waals surface area contributed by atoms with Crippen molar-refractivity contribution in [2.24, 2.45) is 17.3 Å². The van der Waals surface area contributed by atoms with Gasteiger partial charge in [-0.3, -0.25) is 0 Å². The van der Waals surface area contributed by atoms with E-state index in [2.05, 4.69) is 14.9 Å². The van der Waals surface area contributed by atoms with Gasteiger partial charge in [0.2, 0.25) is 5.95 Å². The van der Waals surface area contributed by atoms with Gasteiger partial charge in [0.15, 0.2) is 0 Å². The largest absolute Gasteiger partial charge is 0.396 e. The smallest absolute Gasteiger partial charge is 0.225 e. The van der Waals surface area contributed by atoms with Crippen molar-refractivity contribution in [1.29, 1.82) is 0 Å². The number of piperidine rings is 1. The van der Waals surface area contributed by atoms with Crippen LogP contribution < -0.4 is 4.90 Å². The number of halogens is 1. The third kappa shape index (κ3) is 1.53. The molecule has 0 bridgehead atoms. The van der Waals surface area contributed by atoms with Crippen molar-refractivity contribution in [1.82, 2.24) is 9.97 Å². The van der Waals surface area contributed by atoms with E-state index in [0.29, 0.717) is 22.8 Å². The summed E-state index contributed by atoms with van der Waals surface area (Å²) in [5.41, 5.74) is -0.261. The highest BCUT2D eigenvalue weighted by Crippen LogP contribution is 2.62. The van der Waals surface area contributed by atoms with Crippen molar-refractivity contribution >= 4 is 17.5 Å². The van der Waals surface area contributed by atoms with Gasteiger partial charge in [0.25, 0.3) is 0 Å². The number of hydrogen-bond acceptors (Lipinski definition) is 5. The zero-order valence-electron chi connectivity index (χ0n) is 9.25. The van der Waals surface area contributed by atoms with Crippen molar-refractivity contribution in [2.75, 3.05) is 31.2 Å². The van der Waals surface area contributed by atoms with E-state index in [9.17, 15) is 10.2 Å². The molecule has 17 heavy (non-hydrogen) atoms. The summed E-state index contributed by atoms with van der Waals surface area (Å²) >= 11 is 5.74.